The van der Waals surface area contributed by atoms with Crippen molar-refractivity contribution in [1.29, 1.82) is 0 Å². The van der Waals surface area contributed by atoms with Crippen LogP contribution in [0.1, 0.15) is 79.1 Å². The molecule has 5 heteroatoms. The molecule has 0 radical (unpaired) electrons. The van der Waals surface area contributed by atoms with Gasteiger partial charge in [-0.25, -0.2) is 0 Å². The molecular formula is C25H36O5. The first-order valence-electron chi connectivity index (χ1n) is 11.7. The minimum absolute atomic E-state index is 0.129. The van der Waals surface area contributed by atoms with Crippen LogP contribution in [0, 0.1) is 34.5 Å². The van der Waals surface area contributed by atoms with Gasteiger partial charge in [-0.05, 0) is 68.6 Å². The van der Waals surface area contributed by atoms with E-state index in [0.29, 0.717) is 36.6 Å². The van der Waals surface area contributed by atoms with E-state index in [1.54, 1.807) is 5.57 Å². The summed E-state index contributed by atoms with van der Waals surface area (Å²) >= 11 is 0. The number of carbonyl (C=O) groups excluding carboxylic acids is 3. The molecule has 3 saturated carbocycles. The van der Waals surface area contributed by atoms with Crippen molar-refractivity contribution in [3.63, 3.8) is 0 Å². The first kappa shape index (κ1) is 21.6. The van der Waals surface area contributed by atoms with Crippen LogP contribution in [0.4, 0.5) is 0 Å². The molecule has 0 aliphatic heterocycles. The average molecular weight is 417 g/mol. The van der Waals surface area contributed by atoms with Crippen molar-refractivity contribution in [2.45, 2.75) is 85.2 Å². The lowest BCUT2D eigenvalue weighted by Gasteiger charge is -2.56. The number of fused-ring (bicyclic) bond motifs is 5. The van der Waals surface area contributed by atoms with E-state index in [0.717, 1.165) is 44.9 Å². The van der Waals surface area contributed by atoms with Crippen molar-refractivity contribution in [3.8, 4) is 0 Å². The minimum Gasteiger partial charge on any atom is -0.465 e. The molecule has 0 saturated heterocycles. The number of ether oxygens (including phenoxy) is 2. The summed E-state index contributed by atoms with van der Waals surface area (Å²) in [4.78, 5) is 35.5. The Hall–Kier alpha value is -1.65. The van der Waals surface area contributed by atoms with Gasteiger partial charge in [-0.2, -0.15) is 0 Å². The first-order chi connectivity index (χ1) is 14.2. The maximum absolute atomic E-state index is 12.1. The molecular weight excluding hydrogens is 380 g/mol. The highest BCUT2D eigenvalue weighted by atomic mass is 16.5. The normalized spacial score (nSPS) is 41.1. The van der Waals surface area contributed by atoms with Crippen molar-refractivity contribution in [2.75, 3.05) is 6.61 Å². The highest BCUT2D eigenvalue weighted by Crippen LogP contribution is 2.66. The zero-order valence-corrected chi connectivity index (χ0v) is 18.9. The lowest BCUT2D eigenvalue weighted by atomic mass is 9.48. The number of ketones is 1. The number of carbonyl (C=O) groups is 3. The van der Waals surface area contributed by atoms with Crippen molar-refractivity contribution in [1.82, 2.24) is 0 Å². The summed E-state index contributed by atoms with van der Waals surface area (Å²) in [5.74, 6) is 1.52. The second kappa shape index (κ2) is 7.80. The molecule has 0 N–H and O–H groups in total. The van der Waals surface area contributed by atoms with Crippen LogP contribution in [-0.2, 0) is 23.9 Å². The van der Waals surface area contributed by atoms with E-state index in [2.05, 4.69) is 13.0 Å². The summed E-state index contributed by atoms with van der Waals surface area (Å²) in [7, 11) is 0. The zero-order chi connectivity index (χ0) is 21.7. The average Bonchev–Trinajstić information content (AvgIpc) is 3.06. The number of esters is 2. The summed E-state index contributed by atoms with van der Waals surface area (Å²) in [6, 6.07) is 0. The van der Waals surface area contributed by atoms with Gasteiger partial charge in [0.25, 0.3) is 0 Å². The van der Waals surface area contributed by atoms with E-state index in [1.807, 2.05) is 6.92 Å². The molecule has 0 aromatic heterocycles. The highest BCUT2D eigenvalue weighted by molar-refractivity contribution is 5.80. The van der Waals surface area contributed by atoms with E-state index in [9.17, 15) is 14.4 Å². The summed E-state index contributed by atoms with van der Waals surface area (Å²) in [5.41, 5.74) is 1.53. The Kier molecular flexibility index (Phi) is 5.61. The third-order valence-corrected chi connectivity index (χ3v) is 9.10. The largest absolute Gasteiger partial charge is 0.465 e. The van der Waals surface area contributed by atoms with Crippen LogP contribution in [0.2, 0.25) is 0 Å². The fourth-order valence-corrected chi connectivity index (χ4v) is 7.74. The monoisotopic (exact) mass is 416 g/mol. The number of allylic oxidation sites excluding steroid dienone is 2. The van der Waals surface area contributed by atoms with Crippen LogP contribution < -0.4 is 0 Å². The van der Waals surface area contributed by atoms with Crippen LogP contribution >= 0.6 is 0 Å². The van der Waals surface area contributed by atoms with Gasteiger partial charge >= 0.3 is 11.9 Å². The van der Waals surface area contributed by atoms with Gasteiger partial charge in [0.2, 0.25) is 0 Å². The summed E-state index contributed by atoms with van der Waals surface area (Å²) in [5, 5.41) is 0. The first-order valence-corrected chi connectivity index (χ1v) is 11.7. The van der Waals surface area contributed by atoms with Crippen molar-refractivity contribution in [3.05, 3.63) is 11.6 Å². The molecule has 3 fully saturated rings. The molecule has 0 heterocycles. The maximum atomic E-state index is 12.1. The summed E-state index contributed by atoms with van der Waals surface area (Å²) < 4.78 is 11.3. The Morgan fingerprint density at radius 2 is 1.93 bits per heavy atom. The smallest absolute Gasteiger partial charge is 0.302 e. The van der Waals surface area contributed by atoms with Gasteiger partial charge in [-0.15, -0.1) is 0 Å². The molecule has 4 aliphatic carbocycles. The van der Waals surface area contributed by atoms with E-state index in [-0.39, 0.29) is 34.8 Å². The molecule has 0 aromatic carbocycles. The lowest BCUT2D eigenvalue weighted by Crippen LogP contribution is -2.51. The molecule has 7 atom stereocenters. The Balaban J connectivity index is 1.68. The fourth-order valence-electron chi connectivity index (χ4n) is 7.74. The minimum atomic E-state index is -0.250. The van der Waals surface area contributed by atoms with Gasteiger partial charge in [0.15, 0.2) is 0 Å². The van der Waals surface area contributed by atoms with E-state index in [4.69, 9.17) is 9.47 Å². The predicted molar refractivity (Wildman–Crippen MR) is 112 cm³/mol. The van der Waals surface area contributed by atoms with Gasteiger partial charge in [-0.3, -0.25) is 14.4 Å². The lowest BCUT2D eigenvalue weighted by molar-refractivity contribution is -0.159. The van der Waals surface area contributed by atoms with E-state index < -0.39 is 0 Å². The molecule has 0 spiro atoms. The second-order valence-corrected chi connectivity index (χ2v) is 10.5. The summed E-state index contributed by atoms with van der Waals surface area (Å²) in [6.45, 7) is 7.72. The quantitative estimate of drug-likeness (QED) is 0.494. The molecule has 166 valence electrons. The van der Waals surface area contributed by atoms with Crippen LogP contribution in [0.5, 0.6) is 0 Å². The number of hydrogen-bond acceptors (Lipinski definition) is 5. The molecule has 0 aromatic rings. The predicted octanol–water partition coefficient (Wildman–Crippen LogP) is 4.63. The van der Waals surface area contributed by atoms with E-state index >= 15 is 0 Å². The van der Waals surface area contributed by atoms with Crippen molar-refractivity contribution >= 4 is 17.7 Å². The second-order valence-electron chi connectivity index (χ2n) is 10.5. The van der Waals surface area contributed by atoms with E-state index in [1.165, 1.54) is 13.8 Å². The molecule has 4 aliphatic rings. The van der Waals surface area contributed by atoms with Crippen LogP contribution in [0.25, 0.3) is 0 Å². The van der Waals surface area contributed by atoms with Crippen molar-refractivity contribution < 1.29 is 23.9 Å². The maximum Gasteiger partial charge on any atom is 0.302 e. The van der Waals surface area contributed by atoms with Gasteiger partial charge < -0.3 is 9.47 Å². The molecule has 0 bridgehead atoms. The summed E-state index contributed by atoms with van der Waals surface area (Å²) in [6.07, 6.45) is 9.81. The molecule has 4 rings (SSSR count). The fraction of sp³-hybridized carbons (Fsp3) is 0.800. The molecule has 5 nitrogen and oxygen atoms in total. The van der Waals surface area contributed by atoms with Gasteiger partial charge in [0.1, 0.15) is 11.9 Å². The van der Waals surface area contributed by atoms with Gasteiger partial charge in [0.05, 0.1) is 6.61 Å². The van der Waals surface area contributed by atoms with Gasteiger partial charge in [0, 0.05) is 38.0 Å². The Morgan fingerprint density at radius 1 is 1.17 bits per heavy atom. The Morgan fingerprint density at radius 3 is 2.63 bits per heavy atom. The standard InChI is InChI=1S/C25H36O5/c1-15(30-17(3)27)21-7-8-23-20-6-5-18-13-19(28)9-11-24(18,4)22(20)10-12-25(21,23)14-29-16(2)26/h10,15,18,20-21,23H,5-9,11-14H2,1-4H3/t15-,18-,20-,21-,23+,24+,25+/m1/s1. The SMILES string of the molecule is CC(=O)OC[C@]12CC=C3[C@@H](CC[C@@H]4CC(=O)CC[C@]34C)[C@@H]1CC[C@@H]2[C@@H](C)OC(C)=O. The van der Waals surface area contributed by atoms with Crippen molar-refractivity contribution in [2.24, 2.45) is 34.5 Å². The third-order valence-electron chi connectivity index (χ3n) is 9.10. The number of Topliss-reactive ketones (excluding diaryl/α,β-unsaturated/α-hetero) is 1. The molecule has 0 unspecified atom stereocenters. The van der Waals surface area contributed by atoms with Crippen LogP contribution in [0.3, 0.4) is 0 Å². The highest BCUT2D eigenvalue weighted by Gasteiger charge is 2.60. The number of rotatable bonds is 4. The Bertz CT molecular complexity index is 770. The zero-order valence-electron chi connectivity index (χ0n) is 18.9. The van der Waals surface area contributed by atoms with Crippen LogP contribution in [-0.4, -0.2) is 30.4 Å². The number of hydrogen-bond donors (Lipinski definition) is 0. The molecule has 0 amide bonds. The third kappa shape index (κ3) is 3.42. The van der Waals surface area contributed by atoms with Crippen LogP contribution in [0.15, 0.2) is 11.6 Å². The Labute approximate surface area is 179 Å². The topological polar surface area (TPSA) is 69.7 Å². The molecule has 30 heavy (non-hydrogen) atoms. The van der Waals surface area contributed by atoms with Gasteiger partial charge in [-0.1, -0.05) is 18.6 Å².